The molecule has 1 aromatic heterocycles. The first-order valence-corrected chi connectivity index (χ1v) is 6.93. The van der Waals surface area contributed by atoms with Crippen molar-refractivity contribution in [2.45, 2.75) is 6.10 Å². The summed E-state index contributed by atoms with van der Waals surface area (Å²) in [5.74, 6) is 0.604. The largest absolute Gasteiger partial charge is 0.496 e. The van der Waals surface area contributed by atoms with Gasteiger partial charge in [0.15, 0.2) is 0 Å². The van der Waals surface area contributed by atoms with Crippen LogP contribution in [0.25, 0.3) is 10.9 Å². The molecule has 0 aliphatic carbocycles. The van der Waals surface area contributed by atoms with Crippen LogP contribution < -0.4 is 4.74 Å². The Labute approximate surface area is 127 Å². The monoisotopic (exact) mass is 299 g/mol. The van der Waals surface area contributed by atoms with Gasteiger partial charge in [-0.3, -0.25) is 4.98 Å². The number of aliphatic hydroxyl groups is 1. The second-order valence-corrected chi connectivity index (χ2v) is 5.14. The fraction of sp³-hybridized carbons (Fsp3) is 0.118. The van der Waals surface area contributed by atoms with Crippen LogP contribution in [0.15, 0.2) is 54.7 Å². The average molecular weight is 300 g/mol. The van der Waals surface area contributed by atoms with E-state index < -0.39 is 6.10 Å². The van der Waals surface area contributed by atoms with E-state index in [-0.39, 0.29) is 0 Å². The highest BCUT2D eigenvalue weighted by molar-refractivity contribution is 6.30. The van der Waals surface area contributed by atoms with Gasteiger partial charge in [0.05, 0.1) is 12.6 Å². The summed E-state index contributed by atoms with van der Waals surface area (Å²) in [4.78, 5) is 4.31. The predicted molar refractivity (Wildman–Crippen MR) is 83.8 cm³/mol. The molecule has 0 spiro atoms. The van der Waals surface area contributed by atoms with Crippen LogP contribution >= 0.6 is 11.6 Å². The van der Waals surface area contributed by atoms with Gasteiger partial charge in [-0.15, -0.1) is 0 Å². The van der Waals surface area contributed by atoms with Crippen LogP contribution in [0.5, 0.6) is 5.75 Å². The Morgan fingerprint density at radius 1 is 1.10 bits per heavy atom. The maximum absolute atomic E-state index is 10.8. The molecule has 4 heteroatoms. The summed E-state index contributed by atoms with van der Waals surface area (Å²) in [5.41, 5.74) is 2.26. The first-order chi connectivity index (χ1) is 10.2. The molecular formula is C17H14ClNO2. The molecule has 1 heterocycles. The van der Waals surface area contributed by atoms with E-state index in [1.807, 2.05) is 30.3 Å². The molecule has 2 aromatic carbocycles. The number of pyridine rings is 1. The van der Waals surface area contributed by atoms with Gasteiger partial charge in [-0.25, -0.2) is 0 Å². The standard InChI is InChI=1S/C17H14ClNO2/c1-21-16-8-7-11(18)10-14(16)17(20)13-4-2-6-15-12(13)5-3-9-19-15/h2-10,17,20H,1H3. The third kappa shape index (κ3) is 2.58. The summed E-state index contributed by atoms with van der Waals surface area (Å²) in [7, 11) is 1.57. The second-order valence-electron chi connectivity index (χ2n) is 4.71. The second kappa shape index (κ2) is 5.72. The Kier molecular flexibility index (Phi) is 3.78. The summed E-state index contributed by atoms with van der Waals surface area (Å²) in [6.07, 6.45) is 0.907. The lowest BCUT2D eigenvalue weighted by atomic mass is 9.97. The lowest BCUT2D eigenvalue weighted by molar-refractivity contribution is 0.216. The number of halogens is 1. The molecule has 0 bridgehead atoms. The van der Waals surface area contributed by atoms with E-state index in [1.165, 1.54) is 0 Å². The Morgan fingerprint density at radius 3 is 2.76 bits per heavy atom. The number of hydrogen-bond donors (Lipinski definition) is 1. The average Bonchev–Trinajstić information content (AvgIpc) is 2.53. The summed E-state index contributed by atoms with van der Waals surface area (Å²) < 4.78 is 5.32. The topological polar surface area (TPSA) is 42.4 Å². The number of rotatable bonds is 3. The van der Waals surface area contributed by atoms with E-state index >= 15 is 0 Å². The molecule has 1 unspecified atom stereocenters. The lowest BCUT2D eigenvalue weighted by Crippen LogP contribution is -2.03. The molecule has 21 heavy (non-hydrogen) atoms. The van der Waals surface area contributed by atoms with Gasteiger partial charge in [0.25, 0.3) is 0 Å². The molecule has 0 radical (unpaired) electrons. The van der Waals surface area contributed by atoms with Crippen LogP contribution in [0.2, 0.25) is 5.02 Å². The van der Waals surface area contributed by atoms with Gasteiger partial charge in [0, 0.05) is 22.2 Å². The third-order valence-electron chi connectivity index (χ3n) is 3.46. The van der Waals surface area contributed by atoms with Crippen LogP contribution in [0, 0.1) is 0 Å². The Bertz CT molecular complexity index is 783. The highest BCUT2D eigenvalue weighted by Crippen LogP contribution is 2.34. The molecule has 0 fully saturated rings. The molecule has 0 saturated heterocycles. The number of aromatic nitrogens is 1. The molecule has 3 rings (SSSR count). The highest BCUT2D eigenvalue weighted by Gasteiger charge is 2.18. The van der Waals surface area contributed by atoms with Crippen LogP contribution in [0.3, 0.4) is 0 Å². The van der Waals surface area contributed by atoms with Crippen molar-refractivity contribution in [1.29, 1.82) is 0 Å². The number of hydrogen-bond acceptors (Lipinski definition) is 3. The third-order valence-corrected chi connectivity index (χ3v) is 3.70. The van der Waals surface area contributed by atoms with Crippen LogP contribution in [-0.2, 0) is 0 Å². The first-order valence-electron chi connectivity index (χ1n) is 6.56. The molecule has 3 nitrogen and oxygen atoms in total. The van der Waals surface area contributed by atoms with E-state index in [1.54, 1.807) is 31.5 Å². The molecule has 1 atom stereocenters. The SMILES string of the molecule is COc1ccc(Cl)cc1C(O)c1cccc2ncccc12. The lowest BCUT2D eigenvalue weighted by Gasteiger charge is -2.17. The van der Waals surface area contributed by atoms with E-state index in [2.05, 4.69) is 4.98 Å². The number of aliphatic hydroxyl groups excluding tert-OH is 1. The molecule has 3 aromatic rings. The van der Waals surface area contributed by atoms with Crippen molar-refractivity contribution in [2.24, 2.45) is 0 Å². The summed E-state index contributed by atoms with van der Waals surface area (Å²) in [6, 6.07) is 14.7. The number of methoxy groups -OCH3 is 1. The van der Waals surface area contributed by atoms with Gasteiger partial charge in [0.2, 0.25) is 0 Å². The minimum absolute atomic E-state index is 0.559. The molecule has 0 aliphatic rings. The minimum atomic E-state index is -0.827. The molecule has 106 valence electrons. The maximum Gasteiger partial charge on any atom is 0.125 e. The van der Waals surface area contributed by atoms with E-state index in [0.29, 0.717) is 16.3 Å². The van der Waals surface area contributed by atoms with Crippen molar-refractivity contribution in [1.82, 2.24) is 4.98 Å². The zero-order valence-corrected chi connectivity index (χ0v) is 12.2. The molecule has 1 N–H and O–H groups in total. The quantitative estimate of drug-likeness (QED) is 0.795. The molecule has 0 saturated carbocycles. The van der Waals surface area contributed by atoms with E-state index in [4.69, 9.17) is 16.3 Å². The van der Waals surface area contributed by atoms with Gasteiger partial charge in [-0.2, -0.15) is 0 Å². The van der Waals surface area contributed by atoms with Crippen LogP contribution in [0.1, 0.15) is 17.2 Å². The number of ether oxygens (including phenoxy) is 1. The van der Waals surface area contributed by atoms with Crippen molar-refractivity contribution >= 4 is 22.5 Å². The van der Waals surface area contributed by atoms with Crippen molar-refractivity contribution in [2.75, 3.05) is 7.11 Å². The normalized spacial score (nSPS) is 12.3. The smallest absolute Gasteiger partial charge is 0.125 e. The fourth-order valence-corrected chi connectivity index (χ4v) is 2.63. The van der Waals surface area contributed by atoms with Crippen molar-refractivity contribution in [3.05, 3.63) is 70.9 Å². The maximum atomic E-state index is 10.8. The summed E-state index contributed by atoms with van der Waals surface area (Å²) in [6.45, 7) is 0. The highest BCUT2D eigenvalue weighted by atomic mass is 35.5. The number of fused-ring (bicyclic) bond motifs is 1. The van der Waals surface area contributed by atoms with Crippen molar-refractivity contribution < 1.29 is 9.84 Å². The van der Waals surface area contributed by atoms with Crippen molar-refractivity contribution in [3.63, 3.8) is 0 Å². The Hall–Kier alpha value is -2.10. The van der Waals surface area contributed by atoms with Gasteiger partial charge in [-0.1, -0.05) is 29.8 Å². The van der Waals surface area contributed by atoms with Crippen LogP contribution in [-0.4, -0.2) is 17.2 Å². The van der Waals surface area contributed by atoms with Gasteiger partial charge in [-0.05, 0) is 35.9 Å². The van der Waals surface area contributed by atoms with Crippen molar-refractivity contribution in [3.8, 4) is 5.75 Å². The van der Waals surface area contributed by atoms with Crippen LogP contribution in [0.4, 0.5) is 0 Å². The van der Waals surface area contributed by atoms with E-state index in [0.717, 1.165) is 16.5 Å². The summed E-state index contributed by atoms with van der Waals surface area (Å²) in [5, 5.41) is 12.2. The van der Waals surface area contributed by atoms with Gasteiger partial charge in [0.1, 0.15) is 11.9 Å². The first kappa shape index (κ1) is 13.9. The zero-order chi connectivity index (χ0) is 14.8. The predicted octanol–water partition coefficient (Wildman–Crippen LogP) is 3.98. The minimum Gasteiger partial charge on any atom is -0.496 e. The Morgan fingerprint density at radius 2 is 1.95 bits per heavy atom. The van der Waals surface area contributed by atoms with Gasteiger partial charge < -0.3 is 9.84 Å². The number of benzene rings is 2. The Balaban J connectivity index is 2.17. The molecule has 0 aliphatic heterocycles. The van der Waals surface area contributed by atoms with Gasteiger partial charge >= 0.3 is 0 Å². The number of nitrogens with zero attached hydrogens (tertiary/aromatic N) is 1. The zero-order valence-electron chi connectivity index (χ0n) is 11.5. The molecule has 0 amide bonds. The summed E-state index contributed by atoms with van der Waals surface area (Å²) >= 11 is 6.04. The fourth-order valence-electron chi connectivity index (χ4n) is 2.45. The van der Waals surface area contributed by atoms with E-state index in [9.17, 15) is 5.11 Å². The molecular weight excluding hydrogens is 286 g/mol.